The number of nitro groups is 1. The Morgan fingerprint density at radius 1 is 1.50 bits per heavy atom. The second kappa shape index (κ2) is 7.14. The molecule has 0 amide bonds. The third kappa shape index (κ3) is 4.12. The fraction of sp³-hybridized carbons (Fsp3) is 0.462. The first-order valence-corrected chi connectivity index (χ1v) is 7.05. The molecule has 1 atom stereocenters. The fourth-order valence-corrected chi connectivity index (χ4v) is 2.60. The van der Waals surface area contributed by atoms with Crippen molar-refractivity contribution in [3.63, 3.8) is 0 Å². The summed E-state index contributed by atoms with van der Waals surface area (Å²) in [5, 5.41) is 19.4. The van der Waals surface area contributed by atoms with E-state index in [1.807, 2.05) is 13.8 Å². The Kier molecular flexibility index (Phi) is 5.82. The zero-order valence-electron chi connectivity index (χ0n) is 11.5. The van der Waals surface area contributed by atoms with Gasteiger partial charge in [-0.15, -0.1) is 11.8 Å². The lowest BCUT2D eigenvalue weighted by Crippen LogP contribution is -2.22. The van der Waals surface area contributed by atoms with E-state index < -0.39 is 16.1 Å². The minimum atomic E-state index is -0.902. The van der Waals surface area contributed by atoms with Crippen LogP contribution in [0.5, 0.6) is 5.75 Å². The molecule has 0 bridgehead atoms. The van der Waals surface area contributed by atoms with E-state index in [0.29, 0.717) is 11.5 Å². The van der Waals surface area contributed by atoms with Gasteiger partial charge in [0.2, 0.25) is 0 Å². The number of carboxylic acids is 1. The second-order valence-corrected chi connectivity index (χ2v) is 5.66. The summed E-state index contributed by atoms with van der Waals surface area (Å²) in [6.45, 7) is 5.68. The number of hydrogen-bond donors (Lipinski definition) is 1. The Hall–Kier alpha value is -1.76. The van der Waals surface area contributed by atoms with Crippen LogP contribution in [0.1, 0.15) is 20.8 Å². The SMILES string of the molecule is CCOc1cc(SC(C(=O)O)C(C)C)ccc1[N+](=O)[O-]. The van der Waals surface area contributed by atoms with Crippen molar-refractivity contribution < 1.29 is 19.6 Å². The molecule has 0 spiro atoms. The maximum atomic E-state index is 11.2. The molecule has 1 unspecified atom stereocenters. The van der Waals surface area contributed by atoms with Crippen LogP contribution in [-0.4, -0.2) is 27.9 Å². The summed E-state index contributed by atoms with van der Waals surface area (Å²) in [4.78, 5) is 22.2. The highest BCUT2D eigenvalue weighted by atomic mass is 32.2. The topological polar surface area (TPSA) is 89.7 Å². The zero-order valence-corrected chi connectivity index (χ0v) is 12.3. The normalized spacial score (nSPS) is 12.2. The minimum Gasteiger partial charge on any atom is -0.487 e. The molecule has 0 saturated carbocycles. The Labute approximate surface area is 121 Å². The summed E-state index contributed by atoms with van der Waals surface area (Å²) in [6, 6.07) is 4.40. The van der Waals surface area contributed by atoms with E-state index in [9.17, 15) is 14.9 Å². The summed E-state index contributed by atoms with van der Waals surface area (Å²) in [5.41, 5.74) is -0.118. The van der Waals surface area contributed by atoms with Crippen LogP contribution in [0.25, 0.3) is 0 Å². The molecule has 0 fully saturated rings. The molecule has 1 N–H and O–H groups in total. The number of carboxylic acid groups (broad SMARTS) is 1. The van der Waals surface area contributed by atoms with Gasteiger partial charge in [-0.1, -0.05) is 13.8 Å². The predicted molar refractivity (Wildman–Crippen MR) is 76.4 cm³/mol. The van der Waals surface area contributed by atoms with Crippen molar-refractivity contribution in [1.29, 1.82) is 0 Å². The number of thioether (sulfide) groups is 1. The monoisotopic (exact) mass is 299 g/mol. The van der Waals surface area contributed by atoms with E-state index in [-0.39, 0.29) is 17.4 Å². The lowest BCUT2D eigenvalue weighted by atomic mass is 10.1. The van der Waals surface area contributed by atoms with Crippen molar-refractivity contribution in [3.05, 3.63) is 28.3 Å². The van der Waals surface area contributed by atoms with Crippen LogP contribution in [0.3, 0.4) is 0 Å². The molecule has 0 radical (unpaired) electrons. The average Bonchev–Trinajstić information content (AvgIpc) is 2.35. The molecule has 0 heterocycles. The number of ether oxygens (including phenoxy) is 1. The standard InChI is InChI=1S/C13H17NO5S/c1-4-19-11-7-9(5-6-10(11)14(17)18)20-12(8(2)3)13(15)16/h5-8,12H,4H2,1-3H3,(H,15,16). The van der Waals surface area contributed by atoms with E-state index in [4.69, 9.17) is 9.84 Å². The van der Waals surface area contributed by atoms with Crippen LogP contribution >= 0.6 is 11.8 Å². The number of aliphatic carboxylic acids is 1. The first-order chi connectivity index (χ1) is 9.36. The van der Waals surface area contributed by atoms with E-state index >= 15 is 0 Å². The maximum absolute atomic E-state index is 11.2. The summed E-state index contributed by atoms with van der Waals surface area (Å²) in [5.74, 6) is -0.792. The van der Waals surface area contributed by atoms with Crippen LogP contribution < -0.4 is 4.74 Å². The van der Waals surface area contributed by atoms with Gasteiger partial charge in [0.15, 0.2) is 5.75 Å². The van der Waals surface area contributed by atoms with Gasteiger partial charge in [0, 0.05) is 17.0 Å². The maximum Gasteiger partial charge on any atom is 0.317 e. The molecule has 7 heteroatoms. The van der Waals surface area contributed by atoms with Crippen LogP contribution in [0, 0.1) is 16.0 Å². The van der Waals surface area contributed by atoms with E-state index in [2.05, 4.69) is 0 Å². The summed E-state index contributed by atoms with van der Waals surface area (Å²) < 4.78 is 5.24. The van der Waals surface area contributed by atoms with Gasteiger partial charge < -0.3 is 9.84 Å². The summed E-state index contributed by atoms with van der Waals surface area (Å²) >= 11 is 1.16. The third-order valence-electron chi connectivity index (χ3n) is 2.54. The minimum absolute atomic E-state index is 0.0526. The molecular formula is C13H17NO5S. The van der Waals surface area contributed by atoms with Gasteiger partial charge in [-0.25, -0.2) is 0 Å². The first-order valence-electron chi connectivity index (χ1n) is 6.17. The lowest BCUT2D eigenvalue weighted by molar-refractivity contribution is -0.385. The highest BCUT2D eigenvalue weighted by molar-refractivity contribution is 8.00. The molecule has 20 heavy (non-hydrogen) atoms. The summed E-state index contributed by atoms with van der Waals surface area (Å²) in [6.07, 6.45) is 0. The van der Waals surface area contributed by atoms with Gasteiger partial charge in [0.05, 0.1) is 11.5 Å². The Balaban J connectivity index is 3.05. The van der Waals surface area contributed by atoms with Crippen molar-refractivity contribution in [2.24, 2.45) is 5.92 Å². The van der Waals surface area contributed by atoms with Gasteiger partial charge in [-0.2, -0.15) is 0 Å². The van der Waals surface area contributed by atoms with Crippen LogP contribution in [0.2, 0.25) is 0 Å². The number of rotatable bonds is 7. The van der Waals surface area contributed by atoms with Gasteiger partial charge in [-0.05, 0) is 18.9 Å². The molecule has 0 aliphatic rings. The number of carbonyl (C=O) groups is 1. The Morgan fingerprint density at radius 2 is 2.15 bits per heavy atom. The first kappa shape index (κ1) is 16.3. The molecular weight excluding hydrogens is 282 g/mol. The molecule has 1 rings (SSSR count). The third-order valence-corrected chi connectivity index (χ3v) is 4.07. The lowest BCUT2D eigenvalue weighted by Gasteiger charge is -2.16. The quantitative estimate of drug-likeness (QED) is 0.472. The molecule has 110 valence electrons. The summed E-state index contributed by atoms with van der Waals surface area (Å²) in [7, 11) is 0. The highest BCUT2D eigenvalue weighted by Crippen LogP contribution is 2.35. The molecule has 1 aromatic carbocycles. The largest absolute Gasteiger partial charge is 0.487 e. The average molecular weight is 299 g/mol. The van der Waals surface area contributed by atoms with Gasteiger partial charge in [-0.3, -0.25) is 14.9 Å². The fourth-order valence-electron chi connectivity index (χ4n) is 1.61. The number of benzene rings is 1. The van der Waals surface area contributed by atoms with E-state index in [1.165, 1.54) is 12.1 Å². The second-order valence-electron chi connectivity index (χ2n) is 4.44. The Bertz CT molecular complexity index is 504. The molecule has 0 aromatic heterocycles. The highest BCUT2D eigenvalue weighted by Gasteiger charge is 2.24. The molecule has 0 aliphatic heterocycles. The van der Waals surface area contributed by atoms with E-state index in [0.717, 1.165) is 11.8 Å². The number of nitro benzene ring substituents is 1. The van der Waals surface area contributed by atoms with Crippen LogP contribution in [-0.2, 0) is 4.79 Å². The van der Waals surface area contributed by atoms with Crippen LogP contribution in [0.15, 0.2) is 23.1 Å². The van der Waals surface area contributed by atoms with Crippen molar-refractivity contribution in [1.82, 2.24) is 0 Å². The molecule has 0 aliphatic carbocycles. The van der Waals surface area contributed by atoms with Gasteiger partial charge in [0.1, 0.15) is 5.25 Å². The zero-order chi connectivity index (χ0) is 15.3. The van der Waals surface area contributed by atoms with E-state index in [1.54, 1.807) is 13.0 Å². The molecule has 6 nitrogen and oxygen atoms in total. The Morgan fingerprint density at radius 3 is 2.60 bits per heavy atom. The molecule has 1 aromatic rings. The van der Waals surface area contributed by atoms with Crippen molar-refractivity contribution in [2.45, 2.75) is 30.9 Å². The van der Waals surface area contributed by atoms with Crippen molar-refractivity contribution in [2.75, 3.05) is 6.61 Å². The smallest absolute Gasteiger partial charge is 0.317 e. The van der Waals surface area contributed by atoms with Gasteiger partial charge >= 0.3 is 11.7 Å². The number of hydrogen-bond acceptors (Lipinski definition) is 5. The molecule has 0 saturated heterocycles. The van der Waals surface area contributed by atoms with Crippen LogP contribution in [0.4, 0.5) is 5.69 Å². The predicted octanol–water partition coefficient (Wildman–Crippen LogP) is 3.19. The number of nitrogens with zero attached hydrogens (tertiary/aromatic N) is 1. The van der Waals surface area contributed by atoms with Gasteiger partial charge in [0.25, 0.3) is 0 Å². The van der Waals surface area contributed by atoms with Crippen molar-refractivity contribution >= 4 is 23.4 Å². The van der Waals surface area contributed by atoms with Crippen molar-refractivity contribution in [3.8, 4) is 5.75 Å².